The van der Waals surface area contributed by atoms with Gasteiger partial charge < -0.3 is 0 Å². The molecule has 0 aliphatic carbocycles. The van der Waals surface area contributed by atoms with Crippen molar-refractivity contribution in [3.63, 3.8) is 0 Å². The van der Waals surface area contributed by atoms with E-state index in [0.29, 0.717) is 0 Å². The summed E-state index contributed by atoms with van der Waals surface area (Å²) in [5, 5.41) is 0. The molecule has 0 spiro atoms. The fraction of sp³-hybridized carbons (Fsp3) is 1.00. The molecule has 3 heteroatoms. The monoisotopic (exact) mass is 256 g/mol. The molecule has 0 radical (unpaired) electrons. The minimum atomic E-state index is -0.859. The molecule has 2 nitrogen and oxygen atoms in total. The lowest BCUT2D eigenvalue weighted by atomic mass is 10.3. The topological polar surface area (TPSA) is 6.48 Å². The van der Waals surface area contributed by atoms with Gasteiger partial charge >= 0.3 is 0 Å². The molecule has 1 saturated heterocycles. The molecule has 1 aliphatic heterocycles. The van der Waals surface area contributed by atoms with Gasteiger partial charge in [0.05, 0.1) is 14.7 Å². The van der Waals surface area contributed by atoms with Crippen LogP contribution >= 0.6 is 0 Å². The lowest BCUT2D eigenvalue weighted by Crippen LogP contribution is -2.43. The highest BCUT2D eigenvalue weighted by Gasteiger charge is 2.26. The summed E-state index contributed by atoms with van der Waals surface area (Å²) >= 11 is 0. The van der Waals surface area contributed by atoms with E-state index in [9.17, 15) is 0 Å². The summed E-state index contributed by atoms with van der Waals surface area (Å²) in [7, 11) is 1.39. The minimum Gasteiger partial charge on any atom is -0.293 e. The zero-order valence-corrected chi connectivity index (χ0v) is 13.5. The largest absolute Gasteiger partial charge is 0.293 e. The van der Waals surface area contributed by atoms with E-state index >= 15 is 0 Å². The molecule has 0 saturated carbocycles. The maximum atomic E-state index is 2.64. The number of hydrogen-bond acceptors (Lipinski definition) is 2. The molecular formula is C14H32N2Si. The standard InChI is InChI=1S/C14H32N2Si/c1-5-17(6-2,7-3)13-9-12-16-11-8-10-15(4)14-16/h5-14H2,1-4H3. The number of rotatable bonds is 7. The fourth-order valence-corrected chi connectivity index (χ4v) is 6.66. The summed E-state index contributed by atoms with van der Waals surface area (Å²) in [6, 6.07) is 6.01. The second-order valence-corrected chi connectivity index (χ2v) is 11.5. The van der Waals surface area contributed by atoms with E-state index in [4.69, 9.17) is 0 Å². The van der Waals surface area contributed by atoms with Crippen LogP contribution < -0.4 is 0 Å². The average Bonchev–Trinajstić information content (AvgIpc) is 2.35. The zero-order chi connectivity index (χ0) is 12.7. The molecule has 0 atom stereocenters. The van der Waals surface area contributed by atoms with Crippen LogP contribution in [0.15, 0.2) is 0 Å². The van der Waals surface area contributed by atoms with E-state index < -0.39 is 8.07 Å². The predicted molar refractivity (Wildman–Crippen MR) is 80.3 cm³/mol. The van der Waals surface area contributed by atoms with E-state index in [0.717, 1.165) is 0 Å². The Kier molecular flexibility index (Phi) is 6.74. The molecule has 102 valence electrons. The van der Waals surface area contributed by atoms with Crippen LogP contribution in [0.3, 0.4) is 0 Å². The van der Waals surface area contributed by atoms with Crippen molar-refractivity contribution in [2.24, 2.45) is 0 Å². The first-order valence-corrected chi connectivity index (χ1v) is 10.4. The first-order valence-electron chi connectivity index (χ1n) is 7.56. The van der Waals surface area contributed by atoms with Crippen LogP contribution in [0.5, 0.6) is 0 Å². The van der Waals surface area contributed by atoms with Gasteiger partial charge in [0.2, 0.25) is 0 Å². The van der Waals surface area contributed by atoms with Crippen molar-refractivity contribution in [3.05, 3.63) is 0 Å². The summed E-state index contributed by atoms with van der Waals surface area (Å²) in [5.41, 5.74) is 0. The smallest absolute Gasteiger partial charge is 0.0528 e. The van der Waals surface area contributed by atoms with Crippen LogP contribution in [-0.4, -0.2) is 51.2 Å². The molecule has 0 aromatic carbocycles. The summed E-state index contributed by atoms with van der Waals surface area (Å²) < 4.78 is 0. The minimum absolute atomic E-state index is 0.859. The quantitative estimate of drug-likeness (QED) is 0.644. The molecule has 0 aromatic rings. The van der Waals surface area contributed by atoms with Crippen LogP contribution in [0.2, 0.25) is 24.2 Å². The second-order valence-electron chi connectivity index (χ2n) is 5.86. The van der Waals surface area contributed by atoms with Gasteiger partial charge in [0, 0.05) is 13.1 Å². The highest BCUT2D eigenvalue weighted by Crippen LogP contribution is 2.26. The van der Waals surface area contributed by atoms with Crippen molar-refractivity contribution in [2.45, 2.75) is 57.8 Å². The third kappa shape index (κ3) is 4.72. The van der Waals surface area contributed by atoms with Crippen LogP contribution in [0.25, 0.3) is 0 Å². The molecule has 1 heterocycles. The Balaban J connectivity index is 2.26. The summed E-state index contributed by atoms with van der Waals surface area (Å²) in [6.07, 6.45) is 2.80. The summed E-state index contributed by atoms with van der Waals surface area (Å²) in [6.45, 7) is 12.4. The maximum absolute atomic E-state index is 2.64. The first kappa shape index (κ1) is 15.2. The highest BCUT2D eigenvalue weighted by atomic mass is 28.3. The normalized spacial score (nSPS) is 19.8. The fourth-order valence-electron chi connectivity index (χ4n) is 3.19. The van der Waals surface area contributed by atoms with E-state index in [1.165, 1.54) is 57.3 Å². The van der Waals surface area contributed by atoms with Gasteiger partial charge in [-0.15, -0.1) is 0 Å². The lowest BCUT2D eigenvalue weighted by molar-refractivity contribution is 0.108. The van der Waals surface area contributed by atoms with Crippen LogP contribution in [0, 0.1) is 0 Å². The van der Waals surface area contributed by atoms with Crippen molar-refractivity contribution < 1.29 is 0 Å². The van der Waals surface area contributed by atoms with Gasteiger partial charge in [-0.1, -0.05) is 44.9 Å². The molecule has 1 rings (SSSR count). The number of hydrogen-bond donors (Lipinski definition) is 0. The summed E-state index contributed by atoms with van der Waals surface area (Å²) in [5.74, 6) is 0. The molecule has 1 aliphatic rings. The lowest BCUT2D eigenvalue weighted by Gasteiger charge is -2.34. The summed E-state index contributed by atoms with van der Waals surface area (Å²) in [4.78, 5) is 5.09. The third-order valence-corrected chi connectivity index (χ3v) is 10.8. The molecule has 1 fully saturated rings. The second kappa shape index (κ2) is 7.55. The molecule has 17 heavy (non-hydrogen) atoms. The molecular weight excluding hydrogens is 224 g/mol. The van der Waals surface area contributed by atoms with Crippen LogP contribution in [-0.2, 0) is 0 Å². The van der Waals surface area contributed by atoms with Gasteiger partial charge in [-0.3, -0.25) is 9.80 Å². The SMILES string of the molecule is CC[Si](CC)(CC)CCCN1CCCN(C)C1. The first-order chi connectivity index (χ1) is 8.15. The maximum Gasteiger partial charge on any atom is 0.0528 e. The van der Waals surface area contributed by atoms with E-state index in [1.807, 2.05) is 0 Å². The van der Waals surface area contributed by atoms with Crippen molar-refractivity contribution in [1.82, 2.24) is 9.80 Å². The van der Waals surface area contributed by atoms with Gasteiger partial charge in [0.25, 0.3) is 0 Å². The van der Waals surface area contributed by atoms with E-state index in [1.54, 1.807) is 6.04 Å². The zero-order valence-electron chi connectivity index (χ0n) is 12.5. The third-order valence-electron chi connectivity index (χ3n) is 4.89. The average molecular weight is 257 g/mol. The molecule has 0 aromatic heterocycles. The van der Waals surface area contributed by atoms with Crippen molar-refractivity contribution in [2.75, 3.05) is 33.4 Å². The van der Waals surface area contributed by atoms with Crippen LogP contribution in [0.1, 0.15) is 33.6 Å². The van der Waals surface area contributed by atoms with Crippen molar-refractivity contribution >= 4 is 8.07 Å². The predicted octanol–water partition coefficient (Wildman–Crippen LogP) is 3.48. The number of nitrogens with zero attached hydrogens (tertiary/aromatic N) is 2. The van der Waals surface area contributed by atoms with Crippen LogP contribution in [0.4, 0.5) is 0 Å². The Morgan fingerprint density at radius 1 is 1.00 bits per heavy atom. The van der Waals surface area contributed by atoms with Gasteiger partial charge in [-0.05, 0) is 26.4 Å². The molecule has 0 bridgehead atoms. The van der Waals surface area contributed by atoms with Gasteiger partial charge in [-0.25, -0.2) is 0 Å². The van der Waals surface area contributed by atoms with Crippen molar-refractivity contribution in [3.8, 4) is 0 Å². The Labute approximate surface area is 109 Å². The Morgan fingerprint density at radius 3 is 2.18 bits per heavy atom. The van der Waals surface area contributed by atoms with E-state index in [2.05, 4.69) is 37.6 Å². The molecule has 0 N–H and O–H groups in total. The highest BCUT2D eigenvalue weighted by molar-refractivity contribution is 6.79. The Bertz CT molecular complexity index is 196. The molecule has 0 unspecified atom stereocenters. The van der Waals surface area contributed by atoms with Gasteiger partial charge in [0.15, 0.2) is 0 Å². The Hall–Kier alpha value is 0.137. The van der Waals surface area contributed by atoms with Gasteiger partial charge in [-0.2, -0.15) is 0 Å². The van der Waals surface area contributed by atoms with Crippen molar-refractivity contribution in [1.29, 1.82) is 0 Å². The van der Waals surface area contributed by atoms with Gasteiger partial charge in [0.1, 0.15) is 0 Å². The Morgan fingerprint density at radius 2 is 1.65 bits per heavy atom. The van der Waals surface area contributed by atoms with E-state index in [-0.39, 0.29) is 0 Å². The molecule has 0 amide bonds.